The number of nitrogens with zero attached hydrogens (tertiary/aromatic N) is 3. The predicted molar refractivity (Wildman–Crippen MR) is 92.6 cm³/mol. The minimum atomic E-state index is -3.45. The van der Waals surface area contributed by atoms with Crippen LogP contribution in [-0.2, 0) is 14.8 Å². The highest BCUT2D eigenvalue weighted by Gasteiger charge is 2.28. The van der Waals surface area contributed by atoms with Gasteiger partial charge in [-0.1, -0.05) is 0 Å². The van der Waals surface area contributed by atoms with Crippen molar-refractivity contribution in [2.45, 2.75) is 36.3 Å². The monoisotopic (exact) mass is 354 g/mol. The summed E-state index contributed by atoms with van der Waals surface area (Å²) in [5.41, 5.74) is 0. The van der Waals surface area contributed by atoms with E-state index in [1.165, 1.54) is 10.5 Å². The number of nitrogens with one attached hydrogen (secondary N) is 1. The second-order valence-electron chi connectivity index (χ2n) is 6.60. The van der Waals surface area contributed by atoms with Crippen molar-refractivity contribution in [3.63, 3.8) is 0 Å². The highest BCUT2D eigenvalue weighted by Crippen LogP contribution is 2.25. The first-order valence-corrected chi connectivity index (χ1v) is 9.87. The molecule has 2 unspecified atom stereocenters. The fourth-order valence-electron chi connectivity index (χ4n) is 3.29. The lowest BCUT2D eigenvalue weighted by molar-refractivity contribution is 0.108. The van der Waals surface area contributed by atoms with Crippen molar-refractivity contribution in [3.05, 3.63) is 18.3 Å². The fourth-order valence-corrected chi connectivity index (χ4v) is 4.66. The molecule has 2 atom stereocenters. The van der Waals surface area contributed by atoms with E-state index in [9.17, 15) is 8.42 Å². The number of anilines is 1. The molecule has 0 amide bonds. The van der Waals surface area contributed by atoms with Crippen LogP contribution in [0.1, 0.15) is 19.3 Å². The van der Waals surface area contributed by atoms with Crippen LogP contribution in [0.4, 0.5) is 5.82 Å². The lowest BCUT2D eigenvalue weighted by Crippen LogP contribution is -2.47. The van der Waals surface area contributed by atoms with Gasteiger partial charge in [0.15, 0.2) is 0 Å². The third-order valence-electron chi connectivity index (χ3n) is 4.91. The molecule has 1 aromatic heterocycles. The number of hydrogen-bond donors (Lipinski definition) is 1. The third kappa shape index (κ3) is 3.88. The molecule has 1 saturated carbocycles. The molecule has 8 heteroatoms. The molecule has 2 aliphatic rings. The van der Waals surface area contributed by atoms with Gasteiger partial charge >= 0.3 is 0 Å². The molecule has 0 bridgehead atoms. The van der Waals surface area contributed by atoms with Crippen LogP contribution in [0, 0.1) is 0 Å². The second-order valence-corrected chi connectivity index (χ2v) is 8.54. The molecule has 0 spiro atoms. The van der Waals surface area contributed by atoms with Gasteiger partial charge in [0, 0.05) is 45.5 Å². The fraction of sp³-hybridized carbons (Fsp3) is 0.688. The van der Waals surface area contributed by atoms with Crippen LogP contribution >= 0.6 is 0 Å². The predicted octanol–water partition coefficient (Wildman–Crippen LogP) is 0.997. The smallest absolute Gasteiger partial charge is 0.244 e. The largest absolute Gasteiger partial charge is 0.381 e. The number of likely N-dealkylation sites (N-methyl/N-ethyl adjacent to an activating group) is 1. The molecule has 0 radical (unpaired) electrons. The number of aromatic nitrogens is 1. The van der Waals surface area contributed by atoms with Crippen LogP contribution in [0.3, 0.4) is 0 Å². The van der Waals surface area contributed by atoms with Crippen LogP contribution in [0.15, 0.2) is 23.2 Å². The van der Waals surface area contributed by atoms with Crippen molar-refractivity contribution >= 4 is 15.8 Å². The Hall–Kier alpha value is -1.22. The highest BCUT2D eigenvalue weighted by molar-refractivity contribution is 7.89. The van der Waals surface area contributed by atoms with Crippen molar-refractivity contribution in [2.75, 3.05) is 45.7 Å². The van der Waals surface area contributed by atoms with Crippen molar-refractivity contribution in [3.8, 4) is 0 Å². The molecule has 3 rings (SSSR count). The van der Waals surface area contributed by atoms with Gasteiger partial charge in [-0.25, -0.2) is 13.4 Å². The molecule has 1 aromatic rings. The molecule has 2 heterocycles. The molecule has 24 heavy (non-hydrogen) atoms. The Labute approximate surface area is 144 Å². The van der Waals surface area contributed by atoms with Crippen molar-refractivity contribution in [2.24, 2.45) is 0 Å². The molecule has 1 aliphatic carbocycles. The molecule has 1 N–H and O–H groups in total. The van der Waals surface area contributed by atoms with E-state index in [1.54, 1.807) is 19.2 Å². The molecule has 2 fully saturated rings. The summed E-state index contributed by atoms with van der Waals surface area (Å²) in [7, 11) is 0.297. The van der Waals surface area contributed by atoms with E-state index in [-0.39, 0.29) is 4.90 Å². The Kier molecular flexibility index (Phi) is 5.39. The van der Waals surface area contributed by atoms with Crippen LogP contribution in [0.2, 0.25) is 0 Å². The minimum absolute atomic E-state index is 0.263. The van der Waals surface area contributed by atoms with E-state index >= 15 is 0 Å². The van der Waals surface area contributed by atoms with Gasteiger partial charge in [0.1, 0.15) is 10.7 Å². The number of ether oxygens (including phenoxy) is 1. The zero-order valence-electron chi connectivity index (χ0n) is 14.3. The van der Waals surface area contributed by atoms with E-state index in [1.807, 2.05) is 7.05 Å². The summed E-state index contributed by atoms with van der Waals surface area (Å²) in [6, 6.07) is 3.73. The first-order chi connectivity index (χ1) is 11.5. The summed E-state index contributed by atoms with van der Waals surface area (Å²) in [5.74, 6) is 0.717. The van der Waals surface area contributed by atoms with Crippen LogP contribution in [0.25, 0.3) is 0 Å². The topological polar surface area (TPSA) is 74.8 Å². The Morgan fingerprint density at radius 3 is 2.54 bits per heavy atom. The summed E-state index contributed by atoms with van der Waals surface area (Å²) in [6.45, 7) is 2.57. The van der Waals surface area contributed by atoms with Gasteiger partial charge < -0.3 is 15.0 Å². The van der Waals surface area contributed by atoms with Crippen LogP contribution in [0.5, 0.6) is 0 Å². The van der Waals surface area contributed by atoms with Crippen molar-refractivity contribution in [1.82, 2.24) is 14.2 Å². The van der Waals surface area contributed by atoms with E-state index in [4.69, 9.17) is 4.74 Å². The summed E-state index contributed by atoms with van der Waals surface area (Å²) in [5, 5.41) is 3.36. The van der Waals surface area contributed by atoms with Gasteiger partial charge in [0.05, 0.1) is 6.10 Å². The zero-order valence-corrected chi connectivity index (χ0v) is 15.1. The second kappa shape index (κ2) is 7.35. The van der Waals surface area contributed by atoms with E-state index in [0.717, 1.165) is 32.4 Å². The minimum Gasteiger partial charge on any atom is -0.381 e. The molecular weight excluding hydrogens is 328 g/mol. The average molecular weight is 354 g/mol. The molecule has 7 nitrogen and oxygen atoms in total. The first-order valence-electron chi connectivity index (χ1n) is 8.43. The average Bonchev–Trinajstić information content (AvgIpc) is 3.03. The Morgan fingerprint density at radius 2 is 1.96 bits per heavy atom. The van der Waals surface area contributed by atoms with Crippen LogP contribution < -0.4 is 5.32 Å². The maximum atomic E-state index is 12.7. The van der Waals surface area contributed by atoms with Gasteiger partial charge in [-0.3, -0.25) is 0 Å². The van der Waals surface area contributed by atoms with Crippen molar-refractivity contribution < 1.29 is 13.2 Å². The summed E-state index contributed by atoms with van der Waals surface area (Å²) < 4.78 is 32.2. The maximum absolute atomic E-state index is 12.7. The Morgan fingerprint density at radius 1 is 1.21 bits per heavy atom. The first kappa shape index (κ1) is 17.6. The summed E-state index contributed by atoms with van der Waals surface area (Å²) in [4.78, 5) is 6.69. The summed E-state index contributed by atoms with van der Waals surface area (Å²) in [6.07, 6.45) is 4.81. The van der Waals surface area contributed by atoms with Gasteiger partial charge in [0.25, 0.3) is 0 Å². The molecule has 1 aliphatic heterocycles. The van der Waals surface area contributed by atoms with E-state index in [0.29, 0.717) is 31.1 Å². The zero-order chi connectivity index (χ0) is 17.2. The van der Waals surface area contributed by atoms with E-state index in [2.05, 4.69) is 15.2 Å². The lowest BCUT2D eigenvalue weighted by Gasteiger charge is -2.31. The Balaban J connectivity index is 1.63. The molecule has 0 aromatic carbocycles. The normalized spacial score (nSPS) is 26.6. The number of sulfonamides is 1. The van der Waals surface area contributed by atoms with Gasteiger partial charge in [-0.05, 0) is 38.4 Å². The number of methoxy groups -OCH3 is 1. The van der Waals surface area contributed by atoms with Crippen LogP contribution in [-0.4, -0.2) is 75.1 Å². The summed E-state index contributed by atoms with van der Waals surface area (Å²) >= 11 is 0. The highest BCUT2D eigenvalue weighted by atomic mass is 32.2. The number of pyridine rings is 1. The van der Waals surface area contributed by atoms with E-state index < -0.39 is 10.0 Å². The third-order valence-corrected chi connectivity index (χ3v) is 6.79. The molecule has 134 valence electrons. The number of hydrogen-bond acceptors (Lipinski definition) is 6. The van der Waals surface area contributed by atoms with Gasteiger partial charge in [-0.15, -0.1) is 0 Å². The number of rotatable bonds is 5. The van der Waals surface area contributed by atoms with Gasteiger partial charge in [-0.2, -0.15) is 4.31 Å². The van der Waals surface area contributed by atoms with Gasteiger partial charge in [0.2, 0.25) is 10.0 Å². The molecular formula is C16H26N4O3S. The SMILES string of the molecule is COC1CCC(Nc2ccc(S(=O)(=O)N3CCN(C)CC3)cn2)C1. The molecule has 1 saturated heterocycles. The standard InChI is InChI=1S/C16H26N4O3S/c1-19-7-9-20(10-8-19)24(21,22)15-5-6-16(17-12-15)18-13-3-4-14(11-13)23-2/h5-6,12-14H,3-4,7-11H2,1-2H3,(H,17,18). The maximum Gasteiger partial charge on any atom is 0.244 e. The Bertz CT molecular complexity index is 642. The lowest BCUT2D eigenvalue weighted by atomic mass is 10.2. The van der Waals surface area contributed by atoms with Crippen molar-refractivity contribution in [1.29, 1.82) is 0 Å². The number of piperazine rings is 1. The quantitative estimate of drug-likeness (QED) is 0.850.